The molecule has 0 spiro atoms. The first-order chi connectivity index (χ1) is 6.66. The lowest BCUT2D eigenvalue weighted by Crippen LogP contribution is -2.12. The Morgan fingerprint density at radius 2 is 2.21 bits per heavy atom. The van der Waals surface area contributed by atoms with Crippen LogP contribution in [0.15, 0.2) is 10.9 Å². The van der Waals surface area contributed by atoms with Crippen LogP contribution < -0.4 is 5.56 Å². The third-order valence-electron chi connectivity index (χ3n) is 1.69. The summed E-state index contributed by atoms with van der Waals surface area (Å²) in [5, 5.41) is 11.4. The van der Waals surface area contributed by atoms with E-state index in [1.165, 1.54) is 0 Å². The van der Waals surface area contributed by atoms with E-state index in [1.54, 1.807) is 13.0 Å². The Bertz CT molecular complexity index is 566. The van der Waals surface area contributed by atoms with Gasteiger partial charge in [-0.15, -0.1) is 0 Å². The van der Waals surface area contributed by atoms with Crippen LogP contribution in [0.4, 0.5) is 0 Å². The molecule has 3 N–H and O–H groups in total. The molecule has 2 rings (SSSR count). The van der Waals surface area contributed by atoms with Crippen LogP contribution in [0.3, 0.4) is 0 Å². The summed E-state index contributed by atoms with van der Waals surface area (Å²) in [6, 6.07) is 1.64. The SMILES string of the molecule is Cc1cc(-c2nc(=S)[nH][nH]2)c(=O)[nH]n1. The van der Waals surface area contributed by atoms with E-state index in [0.29, 0.717) is 21.9 Å². The van der Waals surface area contributed by atoms with Crippen LogP contribution in [0.1, 0.15) is 5.69 Å². The molecule has 0 fully saturated rings. The molecule has 0 unspecified atom stereocenters. The van der Waals surface area contributed by atoms with Gasteiger partial charge >= 0.3 is 0 Å². The maximum absolute atomic E-state index is 11.4. The van der Waals surface area contributed by atoms with Gasteiger partial charge < -0.3 is 0 Å². The van der Waals surface area contributed by atoms with Crippen LogP contribution in [0.5, 0.6) is 0 Å². The Labute approximate surface area is 83.4 Å². The Morgan fingerprint density at radius 3 is 2.86 bits per heavy atom. The normalized spacial score (nSPS) is 10.4. The third kappa shape index (κ3) is 1.49. The predicted octanol–water partition coefficient (Wildman–Crippen LogP) is 0.526. The zero-order valence-electron chi connectivity index (χ0n) is 7.29. The number of hydrogen-bond donors (Lipinski definition) is 3. The molecule has 72 valence electrons. The minimum atomic E-state index is -0.298. The molecular weight excluding hydrogens is 202 g/mol. The second-order valence-corrected chi connectivity index (χ2v) is 3.15. The molecule has 2 heterocycles. The summed E-state index contributed by atoms with van der Waals surface area (Å²) in [5.74, 6) is 0.418. The lowest BCUT2D eigenvalue weighted by Gasteiger charge is -1.95. The number of nitrogens with zero attached hydrogens (tertiary/aromatic N) is 2. The molecule has 0 aliphatic rings. The fourth-order valence-electron chi connectivity index (χ4n) is 1.08. The van der Waals surface area contributed by atoms with Crippen molar-refractivity contribution in [3.05, 3.63) is 26.9 Å². The number of nitrogens with one attached hydrogen (secondary N) is 3. The Morgan fingerprint density at radius 1 is 1.43 bits per heavy atom. The number of aromatic amines is 3. The van der Waals surface area contributed by atoms with E-state index in [-0.39, 0.29) is 5.56 Å². The molecule has 0 amide bonds. The number of aromatic nitrogens is 5. The van der Waals surface area contributed by atoms with Crippen LogP contribution >= 0.6 is 12.2 Å². The number of H-pyrrole nitrogens is 3. The van der Waals surface area contributed by atoms with Crippen molar-refractivity contribution in [3.8, 4) is 11.4 Å². The van der Waals surface area contributed by atoms with Gasteiger partial charge in [-0.3, -0.25) is 15.0 Å². The Hall–Kier alpha value is -1.76. The number of aryl methyl sites for hydroxylation is 1. The second kappa shape index (κ2) is 3.18. The van der Waals surface area contributed by atoms with E-state index in [2.05, 4.69) is 25.4 Å². The van der Waals surface area contributed by atoms with E-state index < -0.39 is 0 Å². The molecule has 0 bridgehead atoms. The van der Waals surface area contributed by atoms with Gasteiger partial charge in [0, 0.05) is 0 Å². The second-order valence-electron chi connectivity index (χ2n) is 2.77. The van der Waals surface area contributed by atoms with Gasteiger partial charge in [-0.25, -0.2) is 5.10 Å². The Balaban J connectivity index is 2.67. The fourth-order valence-corrected chi connectivity index (χ4v) is 1.22. The predicted molar refractivity (Wildman–Crippen MR) is 52.4 cm³/mol. The zero-order valence-corrected chi connectivity index (χ0v) is 8.10. The summed E-state index contributed by atoms with van der Waals surface area (Å²) < 4.78 is 0.314. The van der Waals surface area contributed by atoms with Gasteiger partial charge in [-0.1, -0.05) is 0 Å². The van der Waals surface area contributed by atoms with Gasteiger partial charge in [0.25, 0.3) is 5.56 Å². The average molecular weight is 209 g/mol. The molecule has 0 atom stereocenters. The van der Waals surface area contributed by atoms with Gasteiger partial charge in [0.1, 0.15) is 0 Å². The van der Waals surface area contributed by atoms with Crippen LogP contribution in [-0.2, 0) is 0 Å². The summed E-state index contributed by atoms with van der Waals surface area (Å²) in [6.07, 6.45) is 0. The van der Waals surface area contributed by atoms with Crippen LogP contribution in [0.25, 0.3) is 11.4 Å². The maximum Gasteiger partial charge on any atom is 0.275 e. The fraction of sp³-hybridized carbons (Fsp3) is 0.143. The highest BCUT2D eigenvalue weighted by Crippen LogP contribution is 2.07. The lowest BCUT2D eigenvalue weighted by atomic mass is 10.2. The van der Waals surface area contributed by atoms with Crippen molar-refractivity contribution < 1.29 is 0 Å². The zero-order chi connectivity index (χ0) is 10.1. The molecule has 2 aromatic rings. The first-order valence-electron chi connectivity index (χ1n) is 3.88. The molecule has 0 aromatic carbocycles. The van der Waals surface area contributed by atoms with Crippen molar-refractivity contribution in [3.63, 3.8) is 0 Å². The van der Waals surface area contributed by atoms with E-state index in [4.69, 9.17) is 12.2 Å². The monoisotopic (exact) mass is 209 g/mol. The first-order valence-corrected chi connectivity index (χ1v) is 4.29. The highest BCUT2D eigenvalue weighted by molar-refractivity contribution is 7.71. The average Bonchev–Trinajstić information content (AvgIpc) is 2.56. The molecule has 0 saturated heterocycles. The van der Waals surface area contributed by atoms with Crippen molar-refractivity contribution in [2.24, 2.45) is 0 Å². The number of rotatable bonds is 1. The van der Waals surface area contributed by atoms with E-state index >= 15 is 0 Å². The molecule has 0 aliphatic heterocycles. The molecule has 2 aromatic heterocycles. The van der Waals surface area contributed by atoms with Gasteiger partial charge in [-0.05, 0) is 25.2 Å². The molecule has 0 radical (unpaired) electrons. The quantitative estimate of drug-likeness (QED) is 0.597. The first kappa shape index (κ1) is 8.82. The molecule has 0 saturated carbocycles. The summed E-state index contributed by atoms with van der Waals surface area (Å²) in [4.78, 5) is 15.3. The van der Waals surface area contributed by atoms with Crippen LogP contribution in [-0.4, -0.2) is 25.4 Å². The highest BCUT2D eigenvalue weighted by Gasteiger charge is 2.06. The molecular formula is C7H7N5OS. The summed E-state index contributed by atoms with van der Waals surface area (Å²) in [5.41, 5.74) is 0.833. The van der Waals surface area contributed by atoms with E-state index in [0.717, 1.165) is 0 Å². The number of hydrogen-bond acceptors (Lipinski definition) is 4. The molecule has 0 aliphatic carbocycles. The van der Waals surface area contributed by atoms with Gasteiger partial charge in [-0.2, -0.15) is 10.1 Å². The summed E-state index contributed by atoms with van der Waals surface area (Å²) in [6.45, 7) is 1.78. The van der Waals surface area contributed by atoms with Crippen molar-refractivity contribution >= 4 is 12.2 Å². The van der Waals surface area contributed by atoms with Gasteiger partial charge in [0.15, 0.2) is 5.82 Å². The summed E-state index contributed by atoms with van der Waals surface area (Å²) >= 11 is 4.78. The van der Waals surface area contributed by atoms with Gasteiger partial charge in [0.05, 0.1) is 11.3 Å². The van der Waals surface area contributed by atoms with Crippen LogP contribution in [0, 0.1) is 11.7 Å². The van der Waals surface area contributed by atoms with Gasteiger partial charge in [0.2, 0.25) is 4.77 Å². The Kier molecular flexibility index (Phi) is 2.01. The minimum Gasteiger partial charge on any atom is -0.281 e. The van der Waals surface area contributed by atoms with Crippen molar-refractivity contribution in [1.82, 2.24) is 25.4 Å². The highest BCUT2D eigenvalue weighted by atomic mass is 32.1. The van der Waals surface area contributed by atoms with E-state index in [1.807, 2.05) is 0 Å². The largest absolute Gasteiger partial charge is 0.281 e. The lowest BCUT2D eigenvalue weighted by molar-refractivity contribution is 0.943. The van der Waals surface area contributed by atoms with Crippen molar-refractivity contribution in [2.45, 2.75) is 6.92 Å². The molecule has 7 heteroatoms. The topological polar surface area (TPSA) is 90.2 Å². The minimum absolute atomic E-state index is 0.298. The third-order valence-corrected chi connectivity index (χ3v) is 1.88. The van der Waals surface area contributed by atoms with Crippen LogP contribution in [0.2, 0.25) is 0 Å². The smallest absolute Gasteiger partial charge is 0.275 e. The molecule has 14 heavy (non-hydrogen) atoms. The van der Waals surface area contributed by atoms with E-state index in [9.17, 15) is 4.79 Å². The maximum atomic E-state index is 11.4. The van der Waals surface area contributed by atoms with Crippen molar-refractivity contribution in [2.75, 3.05) is 0 Å². The van der Waals surface area contributed by atoms with Crippen molar-refractivity contribution in [1.29, 1.82) is 0 Å². The standard InChI is InChI=1S/C7H7N5OS/c1-3-2-4(6(13)11-9-3)5-8-7(14)12-10-5/h2H,1H3,(H,11,13)(H2,8,10,12,14). The molecule has 6 nitrogen and oxygen atoms in total. The summed E-state index contributed by atoms with van der Waals surface area (Å²) in [7, 11) is 0.